The van der Waals surface area contributed by atoms with Crippen LogP contribution in [0.5, 0.6) is 6.01 Å². The number of carboxylic acids is 2. The summed E-state index contributed by atoms with van der Waals surface area (Å²) >= 11 is 4.43. The van der Waals surface area contributed by atoms with Gasteiger partial charge >= 0.3 is 18.1 Å². The first-order valence-corrected chi connectivity index (χ1v) is 14.2. The highest BCUT2D eigenvalue weighted by atomic mass is 32.1. The number of nitrogens with one attached hydrogen (secondary N) is 1. The van der Waals surface area contributed by atoms with Gasteiger partial charge in [-0.3, -0.25) is 9.36 Å². The van der Waals surface area contributed by atoms with Gasteiger partial charge in [-0.05, 0) is 48.9 Å². The molecular weight excluding hydrogens is 606 g/mol. The summed E-state index contributed by atoms with van der Waals surface area (Å²) in [5, 5.41) is 19.1. The van der Waals surface area contributed by atoms with Crippen LogP contribution in [0.25, 0.3) is 11.1 Å². The number of alkyl halides is 3. The van der Waals surface area contributed by atoms with Gasteiger partial charge < -0.3 is 20.3 Å². The van der Waals surface area contributed by atoms with Crippen LogP contribution >= 0.6 is 12.6 Å². The van der Waals surface area contributed by atoms with Gasteiger partial charge in [-0.25, -0.2) is 14.0 Å². The molecule has 3 N–H and O–H groups in total. The van der Waals surface area contributed by atoms with E-state index in [0.717, 1.165) is 11.4 Å². The standard InChI is InChI=1S/C28H34FN3O4S.C2HF3O2/c1-5-23-24(15-30-26(33)25(37)13-17(3)4)32(28(31-23)36-6-2)16-19-12-11-18(14-22(19)29)20-9-7-8-10-21(20)27(34)35;3-2(4,5)1(6)7/h7-12,14,17,25,37H,5-6,13,15-16H2,1-4H3,(H,30,33)(H,34,35);(H,6,7)/t25-;/m0./s1. The summed E-state index contributed by atoms with van der Waals surface area (Å²) in [6.07, 6.45) is -3.82. The Morgan fingerprint density at radius 1 is 1.09 bits per heavy atom. The Labute approximate surface area is 257 Å². The van der Waals surface area contributed by atoms with Crippen molar-refractivity contribution in [1.29, 1.82) is 0 Å². The van der Waals surface area contributed by atoms with Crippen LogP contribution < -0.4 is 10.1 Å². The minimum atomic E-state index is -5.08. The number of hydrogen-bond acceptors (Lipinski definition) is 6. The second-order valence-electron chi connectivity index (χ2n) is 9.98. The van der Waals surface area contributed by atoms with E-state index >= 15 is 4.39 Å². The second-order valence-corrected chi connectivity index (χ2v) is 10.6. The van der Waals surface area contributed by atoms with Crippen LogP contribution in [0.15, 0.2) is 42.5 Å². The van der Waals surface area contributed by atoms with Crippen LogP contribution in [0.4, 0.5) is 17.6 Å². The molecule has 0 spiro atoms. The molecule has 3 aromatic rings. The highest BCUT2D eigenvalue weighted by Gasteiger charge is 2.38. The van der Waals surface area contributed by atoms with Gasteiger partial charge in [0.25, 0.3) is 6.01 Å². The quantitative estimate of drug-likeness (QED) is 0.141. The molecule has 0 aliphatic heterocycles. The Hall–Kier alpha value is -4.07. The number of imidazole rings is 1. The zero-order valence-electron chi connectivity index (χ0n) is 24.6. The number of halogens is 4. The van der Waals surface area contributed by atoms with Gasteiger partial charge in [-0.1, -0.05) is 51.1 Å². The number of rotatable bonds is 12. The monoisotopic (exact) mass is 641 g/mol. The lowest BCUT2D eigenvalue weighted by atomic mass is 9.98. The highest BCUT2D eigenvalue weighted by molar-refractivity contribution is 7.81. The molecular formula is C30H35F4N3O6S. The fourth-order valence-electron chi connectivity index (χ4n) is 4.17. The van der Waals surface area contributed by atoms with Gasteiger partial charge in [0.15, 0.2) is 0 Å². The number of aryl methyl sites for hydroxylation is 1. The zero-order valence-corrected chi connectivity index (χ0v) is 25.5. The summed E-state index contributed by atoms with van der Waals surface area (Å²) in [7, 11) is 0. The van der Waals surface area contributed by atoms with E-state index in [1.807, 2.05) is 27.7 Å². The maximum atomic E-state index is 15.3. The van der Waals surface area contributed by atoms with Crippen LogP contribution in [0, 0.1) is 11.7 Å². The van der Waals surface area contributed by atoms with Crippen molar-refractivity contribution in [2.75, 3.05) is 6.61 Å². The molecule has 0 saturated heterocycles. The lowest BCUT2D eigenvalue weighted by molar-refractivity contribution is -0.192. The first kappa shape index (κ1) is 36.1. The number of amides is 1. The molecule has 0 radical (unpaired) electrons. The third kappa shape index (κ3) is 10.00. The molecule has 14 heteroatoms. The number of aromatic carboxylic acids is 1. The highest BCUT2D eigenvalue weighted by Crippen LogP contribution is 2.28. The van der Waals surface area contributed by atoms with E-state index in [1.54, 1.807) is 34.9 Å². The summed E-state index contributed by atoms with van der Waals surface area (Å²) in [5.74, 6) is -4.14. The average molecular weight is 642 g/mol. The Balaban J connectivity index is 0.000000860. The first-order chi connectivity index (χ1) is 20.6. The number of thiol groups is 1. The third-order valence-corrected chi connectivity index (χ3v) is 6.69. The molecule has 3 rings (SSSR count). The molecule has 1 aromatic heterocycles. The molecule has 0 unspecified atom stereocenters. The number of carbonyl (C=O) groups is 3. The zero-order chi connectivity index (χ0) is 33.2. The molecule has 0 aliphatic carbocycles. The van der Waals surface area contributed by atoms with Crippen LogP contribution in [-0.2, 0) is 29.1 Å². The molecule has 0 bridgehead atoms. The average Bonchev–Trinajstić information content (AvgIpc) is 3.28. The van der Waals surface area contributed by atoms with Crippen molar-refractivity contribution in [3.8, 4) is 17.1 Å². The van der Waals surface area contributed by atoms with E-state index in [1.165, 1.54) is 12.1 Å². The maximum absolute atomic E-state index is 15.3. The van der Waals surface area contributed by atoms with Crippen LogP contribution in [-0.4, -0.2) is 55.6 Å². The molecule has 1 atom stereocenters. The number of carboxylic acid groups (broad SMARTS) is 2. The molecule has 9 nitrogen and oxygen atoms in total. The van der Waals surface area contributed by atoms with E-state index in [4.69, 9.17) is 14.6 Å². The third-order valence-electron chi connectivity index (χ3n) is 6.25. The summed E-state index contributed by atoms with van der Waals surface area (Å²) in [5.41, 5.74) is 2.91. The lowest BCUT2D eigenvalue weighted by Crippen LogP contribution is -2.32. The maximum Gasteiger partial charge on any atom is 0.490 e. The number of carbonyl (C=O) groups excluding carboxylic acids is 1. The molecule has 0 aliphatic rings. The largest absolute Gasteiger partial charge is 0.490 e. The van der Waals surface area contributed by atoms with Crippen molar-refractivity contribution < 1.29 is 46.9 Å². The molecule has 0 fully saturated rings. The van der Waals surface area contributed by atoms with E-state index in [-0.39, 0.29) is 24.6 Å². The van der Waals surface area contributed by atoms with E-state index in [0.29, 0.717) is 48.1 Å². The number of aliphatic carboxylic acids is 1. The Morgan fingerprint density at radius 2 is 1.73 bits per heavy atom. The second kappa shape index (κ2) is 16.1. The van der Waals surface area contributed by atoms with Gasteiger partial charge in [0.2, 0.25) is 5.91 Å². The van der Waals surface area contributed by atoms with Gasteiger partial charge in [0.05, 0.1) is 41.9 Å². The minimum Gasteiger partial charge on any atom is -0.478 e. The number of ether oxygens (including phenoxy) is 1. The van der Waals surface area contributed by atoms with E-state index in [2.05, 4.69) is 22.9 Å². The minimum absolute atomic E-state index is 0.105. The smallest absolute Gasteiger partial charge is 0.478 e. The van der Waals surface area contributed by atoms with Crippen molar-refractivity contribution in [1.82, 2.24) is 14.9 Å². The topological polar surface area (TPSA) is 131 Å². The van der Waals surface area contributed by atoms with E-state index < -0.39 is 29.2 Å². The SMILES string of the molecule is CCOc1nc(CC)c(CNC(=O)[C@@H](S)CC(C)C)n1Cc1ccc(-c2ccccc2C(=O)O)cc1F.O=C(O)C(F)(F)F. The van der Waals surface area contributed by atoms with Gasteiger partial charge in [-0.15, -0.1) is 0 Å². The van der Waals surface area contributed by atoms with Gasteiger partial charge in [0, 0.05) is 5.56 Å². The van der Waals surface area contributed by atoms with Gasteiger partial charge in [0.1, 0.15) is 5.82 Å². The first-order valence-electron chi connectivity index (χ1n) is 13.7. The molecule has 0 saturated carbocycles. The number of benzene rings is 2. The molecule has 1 amide bonds. The number of nitrogens with zero attached hydrogens (tertiary/aromatic N) is 2. The molecule has 240 valence electrons. The molecule has 44 heavy (non-hydrogen) atoms. The lowest BCUT2D eigenvalue weighted by Gasteiger charge is -2.16. The summed E-state index contributed by atoms with van der Waals surface area (Å²) in [4.78, 5) is 37.7. The number of hydrogen-bond donors (Lipinski definition) is 4. The Morgan fingerprint density at radius 3 is 2.25 bits per heavy atom. The predicted octanol–water partition coefficient (Wildman–Crippen LogP) is 5.99. The molecule has 1 heterocycles. The summed E-state index contributed by atoms with van der Waals surface area (Å²) in [6.45, 7) is 8.61. The van der Waals surface area contributed by atoms with Crippen LogP contribution in [0.2, 0.25) is 0 Å². The van der Waals surface area contributed by atoms with Crippen molar-refractivity contribution >= 4 is 30.5 Å². The summed E-state index contributed by atoms with van der Waals surface area (Å²) < 4.78 is 54.6. The van der Waals surface area contributed by atoms with Crippen molar-refractivity contribution in [2.24, 2.45) is 5.92 Å². The van der Waals surface area contributed by atoms with Crippen molar-refractivity contribution in [3.05, 3.63) is 70.8 Å². The summed E-state index contributed by atoms with van der Waals surface area (Å²) in [6, 6.07) is 11.5. The number of aromatic nitrogens is 2. The predicted molar refractivity (Wildman–Crippen MR) is 158 cm³/mol. The normalized spacial score (nSPS) is 11.9. The van der Waals surface area contributed by atoms with Crippen molar-refractivity contribution in [2.45, 2.75) is 65.1 Å². The fourth-order valence-corrected chi connectivity index (χ4v) is 4.68. The van der Waals surface area contributed by atoms with Crippen LogP contribution in [0.3, 0.4) is 0 Å². The van der Waals surface area contributed by atoms with Gasteiger partial charge in [-0.2, -0.15) is 30.8 Å². The Kier molecular flexibility index (Phi) is 13.2. The fraction of sp³-hybridized carbons (Fsp3) is 0.400. The van der Waals surface area contributed by atoms with Crippen LogP contribution in [0.1, 0.15) is 61.4 Å². The van der Waals surface area contributed by atoms with E-state index in [9.17, 15) is 27.9 Å². The van der Waals surface area contributed by atoms with Crippen molar-refractivity contribution in [3.63, 3.8) is 0 Å². The molecule has 2 aromatic carbocycles. The Bertz CT molecular complexity index is 1460.